The molecule has 0 unspecified atom stereocenters. The van der Waals surface area contributed by atoms with Gasteiger partial charge in [0.15, 0.2) is 9.30 Å². The quantitative estimate of drug-likeness (QED) is 0.499. The maximum absolute atomic E-state index is 13.0. The first kappa shape index (κ1) is 15.5. The zero-order chi connectivity index (χ0) is 16.5. The second-order valence-electron chi connectivity index (χ2n) is 4.94. The van der Waals surface area contributed by atoms with Crippen molar-refractivity contribution < 1.29 is 4.39 Å². The van der Waals surface area contributed by atoms with Crippen molar-refractivity contribution in [2.45, 2.75) is 10.1 Å². The van der Waals surface area contributed by atoms with Crippen LogP contribution in [0.5, 0.6) is 0 Å². The molecule has 4 aromatic rings. The minimum absolute atomic E-state index is 0.0667. The smallest absolute Gasteiger partial charge is 0.258 e. The Hall–Kier alpha value is -2.03. The molecule has 0 fully saturated rings. The summed E-state index contributed by atoms with van der Waals surface area (Å²) in [5, 5.41) is 3.79. The average Bonchev–Trinajstić information content (AvgIpc) is 3.23. The number of aromatic nitrogens is 3. The molecule has 8 heteroatoms. The molecular formula is C16H10FN3OS3. The normalized spacial score (nSPS) is 11.2. The maximum Gasteiger partial charge on any atom is 0.258 e. The number of halogens is 1. The lowest BCUT2D eigenvalue weighted by Crippen LogP contribution is -2.12. The van der Waals surface area contributed by atoms with E-state index in [0.717, 1.165) is 21.3 Å². The van der Waals surface area contributed by atoms with Crippen molar-refractivity contribution in [1.82, 2.24) is 14.4 Å². The van der Waals surface area contributed by atoms with Crippen molar-refractivity contribution in [2.75, 3.05) is 0 Å². The third-order valence-corrected chi connectivity index (χ3v) is 6.13. The van der Waals surface area contributed by atoms with E-state index in [0.29, 0.717) is 10.7 Å². The van der Waals surface area contributed by atoms with Gasteiger partial charge in [0.2, 0.25) is 0 Å². The molecule has 0 saturated heterocycles. The first-order valence-corrected chi connectivity index (χ1v) is 9.73. The van der Waals surface area contributed by atoms with Gasteiger partial charge < -0.3 is 0 Å². The molecule has 4 rings (SSSR count). The summed E-state index contributed by atoms with van der Waals surface area (Å²) in [5.41, 5.74) is 2.38. The second-order valence-corrected chi connectivity index (χ2v) is 7.89. The fourth-order valence-corrected chi connectivity index (χ4v) is 4.64. The van der Waals surface area contributed by atoms with E-state index in [1.807, 2.05) is 10.8 Å². The summed E-state index contributed by atoms with van der Waals surface area (Å²) in [6.07, 6.45) is 1.72. The number of hydrogen-bond acceptors (Lipinski definition) is 6. The van der Waals surface area contributed by atoms with Crippen molar-refractivity contribution in [3.8, 4) is 11.3 Å². The lowest BCUT2D eigenvalue weighted by atomic mass is 10.2. The number of benzene rings is 1. The number of rotatable bonds is 4. The van der Waals surface area contributed by atoms with Gasteiger partial charge in [-0.05, 0) is 24.3 Å². The van der Waals surface area contributed by atoms with Gasteiger partial charge in [-0.25, -0.2) is 14.4 Å². The molecular weight excluding hydrogens is 365 g/mol. The van der Waals surface area contributed by atoms with Gasteiger partial charge in [0.05, 0.1) is 11.4 Å². The number of nitrogens with zero attached hydrogens (tertiary/aromatic N) is 3. The molecule has 3 heterocycles. The zero-order valence-electron chi connectivity index (χ0n) is 12.2. The fraction of sp³-hybridized carbons (Fsp3) is 0.0625. The van der Waals surface area contributed by atoms with Crippen molar-refractivity contribution in [2.24, 2.45) is 0 Å². The van der Waals surface area contributed by atoms with Crippen LogP contribution in [0.4, 0.5) is 4.39 Å². The van der Waals surface area contributed by atoms with E-state index in [-0.39, 0.29) is 11.4 Å². The van der Waals surface area contributed by atoms with Crippen LogP contribution >= 0.6 is 34.4 Å². The van der Waals surface area contributed by atoms with Crippen molar-refractivity contribution in [1.29, 1.82) is 0 Å². The first-order chi connectivity index (χ1) is 11.7. The number of thioether (sulfide) groups is 1. The third-order valence-electron chi connectivity index (χ3n) is 3.32. The van der Waals surface area contributed by atoms with E-state index in [2.05, 4.69) is 9.97 Å². The fourth-order valence-electron chi connectivity index (χ4n) is 2.17. The van der Waals surface area contributed by atoms with Crippen LogP contribution in [0.15, 0.2) is 56.4 Å². The van der Waals surface area contributed by atoms with Crippen molar-refractivity contribution in [3.05, 3.63) is 69.2 Å². The molecule has 0 aliphatic carbocycles. The summed E-state index contributed by atoms with van der Waals surface area (Å²) in [6.45, 7) is 0. The third kappa shape index (κ3) is 3.12. The molecule has 0 aliphatic rings. The number of fused-ring (bicyclic) bond motifs is 1. The summed E-state index contributed by atoms with van der Waals surface area (Å²) >= 11 is 4.51. The van der Waals surface area contributed by atoms with E-state index < -0.39 is 0 Å². The summed E-state index contributed by atoms with van der Waals surface area (Å²) < 4.78 is 15.4. The van der Waals surface area contributed by atoms with Gasteiger partial charge in [0.1, 0.15) is 5.82 Å². The summed E-state index contributed by atoms with van der Waals surface area (Å²) in [6, 6.07) is 7.84. The highest BCUT2D eigenvalue weighted by Crippen LogP contribution is 2.30. The summed E-state index contributed by atoms with van der Waals surface area (Å²) in [7, 11) is 0. The minimum Gasteiger partial charge on any atom is -0.269 e. The predicted octanol–water partition coefficient (Wildman–Crippen LogP) is 4.31. The van der Waals surface area contributed by atoms with Crippen LogP contribution in [0.2, 0.25) is 0 Å². The van der Waals surface area contributed by atoms with Crippen LogP contribution in [0, 0.1) is 5.82 Å². The van der Waals surface area contributed by atoms with Gasteiger partial charge in [0.25, 0.3) is 5.56 Å². The Balaban J connectivity index is 1.51. The molecule has 0 saturated carbocycles. The van der Waals surface area contributed by atoms with Gasteiger partial charge in [0, 0.05) is 34.3 Å². The van der Waals surface area contributed by atoms with E-state index in [9.17, 15) is 9.18 Å². The Morgan fingerprint density at radius 3 is 2.83 bits per heavy atom. The predicted molar refractivity (Wildman–Crippen MR) is 96.4 cm³/mol. The van der Waals surface area contributed by atoms with Crippen LogP contribution in [-0.4, -0.2) is 14.4 Å². The van der Waals surface area contributed by atoms with E-state index >= 15 is 0 Å². The van der Waals surface area contributed by atoms with Crippen LogP contribution in [0.1, 0.15) is 5.69 Å². The Morgan fingerprint density at radius 1 is 1.17 bits per heavy atom. The maximum atomic E-state index is 13.0. The van der Waals surface area contributed by atoms with Gasteiger partial charge in [-0.3, -0.25) is 9.20 Å². The van der Waals surface area contributed by atoms with E-state index in [4.69, 9.17) is 0 Å². The van der Waals surface area contributed by atoms with Crippen LogP contribution < -0.4 is 5.56 Å². The largest absolute Gasteiger partial charge is 0.269 e. The van der Waals surface area contributed by atoms with Gasteiger partial charge in [-0.15, -0.1) is 22.7 Å². The first-order valence-electron chi connectivity index (χ1n) is 6.99. The summed E-state index contributed by atoms with van der Waals surface area (Å²) in [5.74, 6) is 0.324. The number of hydrogen-bond donors (Lipinski definition) is 0. The van der Waals surface area contributed by atoms with Gasteiger partial charge in [-0.1, -0.05) is 11.8 Å². The second kappa shape index (κ2) is 6.46. The Kier molecular flexibility index (Phi) is 4.17. The molecule has 0 aliphatic heterocycles. The molecule has 0 bridgehead atoms. The van der Waals surface area contributed by atoms with Crippen LogP contribution in [0.25, 0.3) is 16.2 Å². The highest BCUT2D eigenvalue weighted by Gasteiger charge is 2.08. The average molecular weight is 375 g/mol. The monoisotopic (exact) mass is 375 g/mol. The highest BCUT2D eigenvalue weighted by molar-refractivity contribution is 8.00. The molecule has 24 heavy (non-hydrogen) atoms. The Labute approximate surface area is 148 Å². The van der Waals surface area contributed by atoms with E-state index in [1.165, 1.54) is 51.0 Å². The topological polar surface area (TPSA) is 47.3 Å². The SMILES string of the molecule is O=c1cc(CSc2nc(-c3ccc(F)cc3)cs2)nc2sccn12. The molecule has 0 atom stereocenters. The standard InChI is InChI=1S/C16H10FN3OS3/c17-11-3-1-10(2-4-11)13-9-24-16(19-13)23-8-12-7-14(21)20-5-6-22-15(20)18-12/h1-7,9H,8H2. The van der Waals surface area contributed by atoms with Crippen LogP contribution in [0.3, 0.4) is 0 Å². The van der Waals surface area contributed by atoms with Gasteiger partial charge in [-0.2, -0.15) is 0 Å². The van der Waals surface area contributed by atoms with Crippen molar-refractivity contribution >= 4 is 39.4 Å². The molecule has 0 spiro atoms. The molecule has 3 aromatic heterocycles. The molecule has 0 amide bonds. The molecule has 1 aromatic carbocycles. The van der Waals surface area contributed by atoms with Crippen LogP contribution in [-0.2, 0) is 5.75 Å². The van der Waals surface area contributed by atoms with Crippen molar-refractivity contribution in [3.63, 3.8) is 0 Å². The Bertz CT molecular complexity index is 1050. The van der Waals surface area contributed by atoms with Gasteiger partial charge >= 0.3 is 0 Å². The molecule has 4 nitrogen and oxygen atoms in total. The molecule has 0 N–H and O–H groups in total. The number of thiazole rings is 2. The highest BCUT2D eigenvalue weighted by atomic mass is 32.2. The molecule has 0 radical (unpaired) electrons. The van der Waals surface area contributed by atoms with E-state index in [1.54, 1.807) is 24.4 Å². The zero-order valence-corrected chi connectivity index (χ0v) is 14.6. The summed E-state index contributed by atoms with van der Waals surface area (Å²) in [4.78, 5) is 21.7. The molecule has 120 valence electrons. The Morgan fingerprint density at radius 2 is 2.00 bits per heavy atom. The minimum atomic E-state index is -0.259. The lowest BCUT2D eigenvalue weighted by Gasteiger charge is -1.99. The lowest BCUT2D eigenvalue weighted by molar-refractivity contribution is 0.628.